The highest BCUT2D eigenvalue weighted by molar-refractivity contribution is 5.70. The molecule has 0 N–H and O–H groups in total. The van der Waals surface area contributed by atoms with Crippen molar-refractivity contribution in [3.63, 3.8) is 0 Å². The van der Waals surface area contributed by atoms with Gasteiger partial charge in [-0.15, -0.1) is 0 Å². The quantitative estimate of drug-likeness (QED) is 0.120. The van der Waals surface area contributed by atoms with Crippen LogP contribution in [0.15, 0.2) is 158 Å². The fourth-order valence-corrected chi connectivity index (χ4v) is 17.4. The highest BCUT2D eigenvalue weighted by Crippen LogP contribution is 2.44. The lowest BCUT2D eigenvalue weighted by Gasteiger charge is -2.26. The third kappa shape index (κ3) is 21.7. The van der Waals surface area contributed by atoms with Crippen LogP contribution < -0.4 is 0 Å². The molecule has 5 fully saturated rings. The van der Waals surface area contributed by atoms with Gasteiger partial charge in [-0.2, -0.15) is 0 Å². The first-order chi connectivity index (χ1) is 54.4. The predicted molar refractivity (Wildman–Crippen MR) is 444 cm³/mol. The Morgan fingerprint density at radius 3 is 0.772 bits per heavy atom. The summed E-state index contributed by atoms with van der Waals surface area (Å²) in [6, 6.07) is 44.3. The zero-order valence-electron chi connectivity index (χ0n) is 68.5. The van der Waals surface area contributed by atoms with E-state index in [4.69, 9.17) is 0 Å². The lowest BCUT2D eigenvalue weighted by molar-refractivity contribution is 0.346. The van der Waals surface area contributed by atoms with Crippen molar-refractivity contribution < 1.29 is 52.7 Å². The van der Waals surface area contributed by atoms with Gasteiger partial charge in [0.15, 0.2) is 0 Å². The highest BCUT2D eigenvalue weighted by atomic mass is 19.2. The maximum absolute atomic E-state index is 14.6. The molecule has 5 saturated carbocycles. The Morgan fingerprint density at radius 2 is 0.439 bits per heavy atom. The molecule has 5 aliphatic carbocycles. The molecule has 10 aromatic rings. The molecule has 12 heteroatoms. The minimum absolute atomic E-state index is 0.0803. The van der Waals surface area contributed by atoms with Crippen LogP contribution in [0, 0.1) is 148 Å². The smallest absolute Gasteiger partial charge is 0.134 e. The van der Waals surface area contributed by atoms with Gasteiger partial charge in [0.2, 0.25) is 0 Å². The number of benzene rings is 10. The van der Waals surface area contributed by atoms with Crippen molar-refractivity contribution in [2.75, 3.05) is 0 Å². The van der Waals surface area contributed by atoms with Gasteiger partial charge in [0.05, 0.1) is 11.1 Å². The molecule has 0 aromatic heterocycles. The molecule has 15 rings (SSSR count). The SMILES string of the molecule is Cc1c(F)cc(-c2c(F)cc(C3CCC(C)CC3)cc2F)cc1F.Cc1c(F)cc(-c2ccc(C3CCC(C)CC3)cc2)cc1F.Cc1cc(-c2c(F)cc(C3CCC(C)CC3)cc2F)cc(F)c1C.Cc1cc(-c2ccc(C3CCC(C)CC3)cc2F)cc(F)c1C.Cc1ccc(-c2ccc(C3CCC(C)CC3)cc2)cc1F. The second-order valence-corrected chi connectivity index (χ2v) is 34.4. The second kappa shape index (κ2) is 38.9. The van der Waals surface area contributed by atoms with Crippen molar-refractivity contribution in [1.29, 1.82) is 0 Å². The van der Waals surface area contributed by atoms with Gasteiger partial charge in [-0.05, 0) is 339 Å². The molecule has 0 atom stereocenters. The van der Waals surface area contributed by atoms with E-state index in [1.807, 2.05) is 49.4 Å². The van der Waals surface area contributed by atoms with E-state index >= 15 is 0 Å². The summed E-state index contributed by atoms with van der Waals surface area (Å²) in [6.45, 7) is 22.9. The molecule has 0 nitrogen and oxygen atoms in total. The molecule has 0 aliphatic heterocycles. The van der Waals surface area contributed by atoms with E-state index in [0.29, 0.717) is 74.1 Å². The molecule has 10 aromatic carbocycles. The molecule has 0 saturated heterocycles. The van der Waals surface area contributed by atoms with Gasteiger partial charge in [-0.1, -0.05) is 184 Å². The van der Waals surface area contributed by atoms with Crippen LogP contribution >= 0.6 is 0 Å². The van der Waals surface area contributed by atoms with E-state index in [0.717, 1.165) is 127 Å². The highest BCUT2D eigenvalue weighted by Gasteiger charge is 2.28. The maximum atomic E-state index is 14.6. The Balaban J connectivity index is 0.000000141. The Hall–Kier alpha value is -8.64. The van der Waals surface area contributed by atoms with Crippen LogP contribution in [0.1, 0.15) is 259 Å². The number of rotatable bonds is 10. The third-order valence-corrected chi connectivity index (χ3v) is 25.9. The first-order valence-corrected chi connectivity index (χ1v) is 41.6. The molecular weight excluding hydrogens is 1450 g/mol. The van der Waals surface area contributed by atoms with E-state index in [9.17, 15) is 52.7 Å². The van der Waals surface area contributed by atoms with Gasteiger partial charge in [0.25, 0.3) is 0 Å². The largest absolute Gasteiger partial charge is 0.207 e. The average Bonchev–Trinajstić information content (AvgIpc) is 0.795. The van der Waals surface area contributed by atoms with Gasteiger partial charge < -0.3 is 0 Å². The minimum atomic E-state index is -0.811. The molecule has 0 bridgehead atoms. The first-order valence-electron chi connectivity index (χ1n) is 41.6. The van der Waals surface area contributed by atoms with E-state index < -0.39 is 52.4 Å². The fraction of sp³-hybridized carbons (Fsp3) is 0.412. The third-order valence-electron chi connectivity index (χ3n) is 25.9. The van der Waals surface area contributed by atoms with Crippen LogP contribution in [0.2, 0.25) is 0 Å². The standard InChI is InChI=1S/C21H23F3.C21H24F2.C20H20F4.C20H22F2.C20H23F/c1-12-4-6-15(7-5-12)16-9-19(23)21(20(24)10-16)17-8-13(2)14(3)18(22)11-17;1-13-4-6-16(7-5-13)17-8-9-19(21(23)11-17)18-10-14(2)15(3)20(22)12-18;1-11-3-5-13(6-4-11)14-7-18(23)20(19(24)8-14)15-9-16(21)12(2)17(22)10-15;1-13-3-5-15(6-4-13)16-7-9-17(10-8-16)18-11-19(21)14(2)20(22)12-18;1-14-3-6-16(7-4-14)17-9-11-18(12-10-17)19-8-5-15(2)20(21)13-19/h8-12,15H,4-7H2,1-3H3;8-13,16H,4-7H2,1-3H3;7-11,13H,3-6H2,1-2H3;7-13,15H,3-6H2,1-2H3;5,8-14,16H,3-4,6-7H2,1-2H3. The summed E-state index contributed by atoms with van der Waals surface area (Å²) in [4.78, 5) is 0. The molecule has 114 heavy (non-hydrogen) atoms. The Kier molecular flexibility index (Phi) is 29.4. The van der Waals surface area contributed by atoms with Crippen LogP contribution in [-0.4, -0.2) is 0 Å². The minimum Gasteiger partial charge on any atom is -0.207 e. The van der Waals surface area contributed by atoms with Crippen molar-refractivity contribution in [2.24, 2.45) is 29.6 Å². The summed E-state index contributed by atoms with van der Waals surface area (Å²) in [5.41, 5.74) is 12.8. The van der Waals surface area contributed by atoms with E-state index in [1.54, 1.807) is 45.9 Å². The zero-order valence-corrected chi connectivity index (χ0v) is 68.5. The van der Waals surface area contributed by atoms with E-state index in [-0.39, 0.29) is 62.7 Å². The summed E-state index contributed by atoms with van der Waals surface area (Å²) in [5.74, 6) is -0.407. The van der Waals surface area contributed by atoms with Crippen molar-refractivity contribution in [2.45, 2.75) is 241 Å². The van der Waals surface area contributed by atoms with Crippen molar-refractivity contribution in [3.05, 3.63) is 294 Å². The summed E-state index contributed by atoms with van der Waals surface area (Å²) >= 11 is 0. The predicted octanol–water partition coefficient (Wildman–Crippen LogP) is 32.1. The Morgan fingerprint density at radius 1 is 0.184 bits per heavy atom. The molecule has 0 heterocycles. The maximum Gasteiger partial charge on any atom is 0.134 e. The van der Waals surface area contributed by atoms with E-state index in [2.05, 4.69) is 71.0 Å². The van der Waals surface area contributed by atoms with Crippen molar-refractivity contribution >= 4 is 0 Å². The molecule has 604 valence electrons. The Bertz CT molecular complexity index is 4650. The lowest BCUT2D eigenvalue weighted by atomic mass is 9.79. The van der Waals surface area contributed by atoms with Gasteiger partial charge >= 0.3 is 0 Å². The monoisotopic (exact) mass is 1560 g/mol. The van der Waals surface area contributed by atoms with E-state index in [1.165, 1.54) is 138 Å². The number of hydrogen-bond acceptors (Lipinski definition) is 0. The molecular formula is C102H112F12. The van der Waals surface area contributed by atoms with Crippen LogP contribution in [0.3, 0.4) is 0 Å². The number of aryl methyl sites for hydroxylation is 3. The van der Waals surface area contributed by atoms with Crippen LogP contribution in [-0.2, 0) is 0 Å². The van der Waals surface area contributed by atoms with Crippen LogP contribution in [0.4, 0.5) is 52.7 Å². The summed E-state index contributed by atoms with van der Waals surface area (Å²) in [5, 5.41) is 0. The van der Waals surface area contributed by atoms with Crippen molar-refractivity contribution in [1.82, 2.24) is 0 Å². The van der Waals surface area contributed by atoms with Gasteiger partial charge in [-0.3, -0.25) is 0 Å². The molecule has 0 amide bonds. The first kappa shape index (κ1) is 86.2. The molecule has 0 unspecified atom stereocenters. The summed E-state index contributed by atoms with van der Waals surface area (Å²) in [6.07, 6.45) is 23.1. The molecule has 0 spiro atoms. The van der Waals surface area contributed by atoms with Gasteiger partial charge in [0, 0.05) is 16.7 Å². The number of hydrogen-bond donors (Lipinski definition) is 0. The second-order valence-electron chi connectivity index (χ2n) is 34.4. The Labute approximate surface area is 669 Å². The van der Waals surface area contributed by atoms with Crippen LogP contribution in [0.5, 0.6) is 0 Å². The molecule has 0 radical (unpaired) electrons. The zero-order chi connectivity index (χ0) is 81.9. The van der Waals surface area contributed by atoms with Crippen LogP contribution in [0.25, 0.3) is 55.6 Å². The number of halogens is 12. The summed E-state index contributed by atoms with van der Waals surface area (Å²) < 4.78 is 169. The topological polar surface area (TPSA) is 0 Å². The lowest BCUT2D eigenvalue weighted by Crippen LogP contribution is -2.11. The normalized spacial score (nSPS) is 21.5. The average molecular weight is 1570 g/mol. The summed E-state index contributed by atoms with van der Waals surface area (Å²) in [7, 11) is 0. The fourth-order valence-electron chi connectivity index (χ4n) is 17.4. The van der Waals surface area contributed by atoms with Gasteiger partial charge in [0.1, 0.15) is 69.8 Å². The van der Waals surface area contributed by atoms with Crippen molar-refractivity contribution in [3.8, 4) is 55.6 Å². The molecule has 5 aliphatic rings. The van der Waals surface area contributed by atoms with Gasteiger partial charge in [-0.25, -0.2) is 52.7 Å².